The van der Waals surface area contributed by atoms with Crippen LogP contribution in [0.25, 0.3) is 0 Å². The van der Waals surface area contributed by atoms with Crippen LogP contribution in [0.3, 0.4) is 0 Å². The van der Waals surface area contributed by atoms with Crippen molar-refractivity contribution in [2.45, 2.75) is 32.4 Å². The van der Waals surface area contributed by atoms with Gasteiger partial charge in [0.2, 0.25) is 0 Å². The normalized spacial score (nSPS) is 20.4. The standard InChI is InChI=1S/C17H22N4O3/c1-13-3-4-15(9-14(13)2)24-10-16(22)20-7-5-17(23,11-20)12-21-8-6-18-19-21/h3-4,6,8-9,23H,5,7,10-12H2,1-2H3. The summed E-state index contributed by atoms with van der Waals surface area (Å²) in [5.74, 6) is 0.561. The number of hydrogen-bond acceptors (Lipinski definition) is 5. The molecule has 7 heteroatoms. The lowest BCUT2D eigenvalue weighted by Gasteiger charge is -2.23. The molecule has 0 saturated carbocycles. The highest BCUT2D eigenvalue weighted by molar-refractivity contribution is 5.78. The van der Waals surface area contributed by atoms with Gasteiger partial charge in [0.1, 0.15) is 11.4 Å². The van der Waals surface area contributed by atoms with Crippen LogP contribution in [-0.4, -0.2) is 56.2 Å². The average Bonchev–Trinajstić information content (AvgIpc) is 3.18. The molecule has 0 spiro atoms. The van der Waals surface area contributed by atoms with Crippen molar-refractivity contribution < 1.29 is 14.6 Å². The fraction of sp³-hybridized carbons (Fsp3) is 0.471. The van der Waals surface area contributed by atoms with Crippen molar-refractivity contribution in [1.29, 1.82) is 0 Å². The number of β-amino-alcohol motifs (C(OH)–C–C–N with tert-alkyl or cyclic N) is 1. The molecule has 1 atom stereocenters. The highest BCUT2D eigenvalue weighted by Gasteiger charge is 2.38. The second kappa shape index (κ2) is 6.60. The van der Waals surface area contributed by atoms with E-state index in [2.05, 4.69) is 10.3 Å². The summed E-state index contributed by atoms with van der Waals surface area (Å²) in [7, 11) is 0. The smallest absolute Gasteiger partial charge is 0.260 e. The summed E-state index contributed by atoms with van der Waals surface area (Å²) in [5.41, 5.74) is 1.35. The molecule has 1 fully saturated rings. The van der Waals surface area contributed by atoms with Gasteiger partial charge in [-0.05, 0) is 43.5 Å². The number of amides is 1. The summed E-state index contributed by atoms with van der Waals surface area (Å²) in [6.45, 7) is 5.14. The van der Waals surface area contributed by atoms with Gasteiger partial charge in [-0.25, -0.2) is 4.68 Å². The van der Waals surface area contributed by atoms with Gasteiger partial charge in [0.05, 0.1) is 19.3 Å². The number of carbonyl (C=O) groups is 1. The number of likely N-dealkylation sites (tertiary alicyclic amines) is 1. The van der Waals surface area contributed by atoms with E-state index in [9.17, 15) is 9.90 Å². The maximum atomic E-state index is 12.3. The molecule has 0 bridgehead atoms. The number of benzene rings is 1. The molecule has 0 radical (unpaired) electrons. The van der Waals surface area contributed by atoms with Crippen molar-refractivity contribution >= 4 is 5.91 Å². The molecule has 1 N–H and O–H groups in total. The van der Waals surface area contributed by atoms with Crippen molar-refractivity contribution in [3.05, 3.63) is 41.7 Å². The monoisotopic (exact) mass is 330 g/mol. The van der Waals surface area contributed by atoms with Gasteiger partial charge < -0.3 is 14.7 Å². The Morgan fingerprint density at radius 2 is 2.21 bits per heavy atom. The van der Waals surface area contributed by atoms with E-state index in [0.717, 1.165) is 5.56 Å². The molecule has 1 aliphatic rings. The Morgan fingerprint density at radius 3 is 2.92 bits per heavy atom. The van der Waals surface area contributed by atoms with Crippen molar-refractivity contribution in [2.75, 3.05) is 19.7 Å². The van der Waals surface area contributed by atoms with Gasteiger partial charge in [0.25, 0.3) is 5.91 Å². The zero-order valence-corrected chi connectivity index (χ0v) is 14.0. The van der Waals surface area contributed by atoms with Crippen LogP contribution in [0.5, 0.6) is 5.75 Å². The molecule has 128 valence electrons. The first-order chi connectivity index (χ1) is 11.5. The molecule has 1 aliphatic heterocycles. The topological polar surface area (TPSA) is 80.5 Å². The SMILES string of the molecule is Cc1ccc(OCC(=O)N2CCC(O)(Cn3ccnn3)C2)cc1C. The molecule has 1 saturated heterocycles. The van der Waals surface area contributed by atoms with E-state index < -0.39 is 5.60 Å². The number of hydrogen-bond donors (Lipinski definition) is 1. The summed E-state index contributed by atoms with van der Waals surface area (Å²) >= 11 is 0. The number of rotatable bonds is 5. The third-order valence-corrected chi connectivity index (χ3v) is 4.45. The Balaban J connectivity index is 1.53. The van der Waals surface area contributed by atoms with E-state index in [4.69, 9.17) is 4.74 Å². The van der Waals surface area contributed by atoms with E-state index in [-0.39, 0.29) is 19.1 Å². The van der Waals surface area contributed by atoms with Crippen LogP contribution >= 0.6 is 0 Å². The van der Waals surface area contributed by atoms with Gasteiger partial charge in [-0.3, -0.25) is 4.79 Å². The Labute approximate surface area is 140 Å². The number of ether oxygens (including phenoxy) is 1. The zero-order valence-electron chi connectivity index (χ0n) is 14.0. The van der Waals surface area contributed by atoms with Crippen LogP contribution in [0.15, 0.2) is 30.6 Å². The van der Waals surface area contributed by atoms with Crippen molar-refractivity contribution in [3.8, 4) is 5.75 Å². The summed E-state index contributed by atoms with van der Waals surface area (Å²) < 4.78 is 7.17. The van der Waals surface area contributed by atoms with Gasteiger partial charge >= 0.3 is 0 Å². The van der Waals surface area contributed by atoms with E-state index in [1.165, 1.54) is 5.56 Å². The lowest BCUT2D eigenvalue weighted by molar-refractivity contribution is -0.133. The fourth-order valence-corrected chi connectivity index (χ4v) is 2.86. The molecular formula is C17H22N4O3. The van der Waals surface area contributed by atoms with Gasteiger partial charge in [0.15, 0.2) is 6.61 Å². The number of aryl methyl sites for hydroxylation is 2. The Kier molecular flexibility index (Phi) is 4.53. The van der Waals surface area contributed by atoms with E-state index in [1.54, 1.807) is 22.0 Å². The van der Waals surface area contributed by atoms with Crippen LogP contribution in [0.1, 0.15) is 17.5 Å². The molecule has 1 amide bonds. The zero-order chi connectivity index (χ0) is 17.2. The van der Waals surface area contributed by atoms with Crippen LogP contribution < -0.4 is 4.74 Å². The van der Waals surface area contributed by atoms with E-state index >= 15 is 0 Å². The molecule has 2 aromatic rings. The van der Waals surface area contributed by atoms with Crippen LogP contribution in [-0.2, 0) is 11.3 Å². The minimum Gasteiger partial charge on any atom is -0.484 e. The minimum atomic E-state index is -0.968. The molecule has 0 aliphatic carbocycles. The average molecular weight is 330 g/mol. The van der Waals surface area contributed by atoms with Gasteiger partial charge in [-0.15, -0.1) is 5.10 Å². The van der Waals surface area contributed by atoms with Crippen molar-refractivity contribution in [3.63, 3.8) is 0 Å². The molecule has 3 rings (SSSR count). The van der Waals surface area contributed by atoms with E-state index in [1.807, 2.05) is 32.0 Å². The van der Waals surface area contributed by atoms with Gasteiger partial charge in [-0.1, -0.05) is 11.3 Å². The predicted octanol–water partition coefficient (Wildman–Crippen LogP) is 0.937. The third-order valence-electron chi connectivity index (χ3n) is 4.45. The summed E-state index contributed by atoms with van der Waals surface area (Å²) in [6.07, 6.45) is 3.78. The second-order valence-corrected chi connectivity index (χ2v) is 6.43. The number of aliphatic hydroxyl groups is 1. The molecule has 7 nitrogen and oxygen atoms in total. The fourth-order valence-electron chi connectivity index (χ4n) is 2.86. The third kappa shape index (κ3) is 3.73. The molecule has 24 heavy (non-hydrogen) atoms. The summed E-state index contributed by atoms with van der Waals surface area (Å²) in [6, 6.07) is 5.76. The van der Waals surface area contributed by atoms with Crippen LogP contribution in [0.2, 0.25) is 0 Å². The van der Waals surface area contributed by atoms with Crippen LogP contribution in [0.4, 0.5) is 0 Å². The van der Waals surface area contributed by atoms with E-state index in [0.29, 0.717) is 25.3 Å². The first kappa shape index (κ1) is 16.4. The minimum absolute atomic E-state index is 0.0259. The number of aromatic nitrogens is 3. The summed E-state index contributed by atoms with van der Waals surface area (Å²) in [5, 5.41) is 18.2. The summed E-state index contributed by atoms with van der Waals surface area (Å²) in [4.78, 5) is 14.0. The highest BCUT2D eigenvalue weighted by atomic mass is 16.5. The molecule has 1 aromatic carbocycles. The van der Waals surface area contributed by atoms with Gasteiger partial charge in [0, 0.05) is 12.7 Å². The second-order valence-electron chi connectivity index (χ2n) is 6.43. The number of carbonyl (C=O) groups excluding carboxylic acids is 1. The lowest BCUT2D eigenvalue weighted by atomic mass is 10.0. The lowest BCUT2D eigenvalue weighted by Crippen LogP contribution is -2.40. The Morgan fingerprint density at radius 1 is 1.38 bits per heavy atom. The molecule has 2 heterocycles. The Hall–Kier alpha value is -2.41. The maximum absolute atomic E-state index is 12.3. The molecule has 1 aromatic heterocycles. The van der Waals surface area contributed by atoms with Crippen LogP contribution in [0, 0.1) is 13.8 Å². The predicted molar refractivity (Wildman–Crippen MR) is 87.6 cm³/mol. The quantitative estimate of drug-likeness (QED) is 0.882. The maximum Gasteiger partial charge on any atom is 0.260 e. The Bertz CT molecular complexity index is 717. The molecule has 1 unspecified atom stereocenters. The first-order valence-electron chi connectivity index (χ1n) is 7.99. The number of nitrogens with zero attached hydrogens (tertiary/aromatic N) is 4. The highest BCUT2D eigenvalue weighted by Crippen LogP contribution is 2.23. The first-order valence-corrected chi connectivity index (χ1v) is 7.99. The molecular weight excluding hydrogens is 308 g/mol. The van der Waals surface area contributed by atoms with Crippen molar-refractivity contribution in [2.24, 2.45) is 0 Å². The largest absolute Gasteiger partial charge is 0.484 e. The van der Waals surface area contributed by atoms with Gasteiger partial charge in [-0.2, -0.15) is 0 Å². The van der Waals surface area contributed by atoms with Crippen molar-refractivity contribution in [1.82, 2.24) is 19.9 Å².